The third kappa shape index (κ3) is 5.66. The number of carbonyl (C=O) groups is 2. The van der Waals surface area contributed by atoms with Crippen molar-refractivity contribution >= 4 is 34.8 Å². The highest BCUT2D eigenvalue weighted by molar-refractivity contribution is 6.04. The fraction of sp³-hybridized carbons (Fsp3) is 0.409. The summed E-state index contributed by atoms with van der Waals surface area (Å²) in [6.45, 7) is 5.61. The van der Waals surface area contributed by atoms with E-state index >= 15 is 0 Å². The summed E-state index contributed by atoms with van der Waals surface area (Å²) in [4.78, 5) is 34.8. The molecule has 0 spiro atoms. The molecule has 2 amide bonds. The Morgan fingerprint density at radius 3 is 2.70 bits per heavy atom. The first kappa shape index (κ1) is 25.9. The van der Waals surface area contributed by atoms with Gasteiger partial charge in [0, 0.05) is 55.7 Å². The second-order valence-electron chi connectivity index (χ2n) is 8.39. The Morgan fingerprint density at radius 1 is 1.27 bits per heavy atom. The summed E-state index contributed by atoms with van der Waals surface area (Å²) < 4.78 is 38.7. The molecule has 12 nitrogen and oxygen atoms in total. The van der Waals surface area contributed by atoms with Gasteiger partial charge in [0.2, 0.25) is 0 Å². The SMILES string of the molecule is COc1cn2ncnc2cc1NC(=O)N1CCc2c(N3CCN[C@H](C)C3)ccnc21.O=C(O)C(F)(F)F. The van der Waals surface area contributed by atoms with Gasteiger partial charge in [-0.2, -0.15) is 18.3 Å². The molecule has 1 fully saturated rings. The number of nitrogens with zero attached hydrogens (tertiary/aromatic N) is 6. The molecule has 0 saturated carbocycles. The number of piperazine rings is 1. The van der Waals surface area contributed by atoms with Crippen LogP contribution in [-0.2, 0) is 11.2 Å². The Kier molecular flexibility index (Phi) is 7.33. The van der Waals surface area contributed by atoms with Crippen molar-refractivity contribution in [2.75, 3.05) is 48.4 Å². The lowest BCUT2D eigenvalue weighted by atomic mass is 10.1. The summed E-state index contributed by atoms with van der Waals surface area (Å²) in [5.41, 5.74) is 3.47. The molecular weight excluding hydrogens is 497 g/mol. The molecule has 198 valence electrons. The number of amides is 2. The molecule has 3 aromatic heterocycles. The molecule has 0 bridgehead atoms. The summed E-state index contributed by atoms with van der Waals surface area (Å²) in [6, 6.07) is 3.99. The van der Waals surface area contributed by atoms with Crippen LogP contribution >= 0.6 is 0 Å². The monoisotopic (exact) mass is 522 g/mol. The topological polar surface area (TPSA) is 137 Å². The summed E-state index contributed by atoms with van der Waals surface area (Å²) in [5, 5.41) is 17.6. The number of halogens is 3. The molecule has 2 aliphatic heterocycles. The molecule has 1 atom stereocenters. The smallest absolute Gasteiger partial charge is 0.490 e. The van der Waals surface area contributed by atoms with E-state index in [1.165, 1.54) is 12.0 Å². The zero-order valence-electron chi connectivity index (χ0n) is 20.0. The van der Waals surface area contributed by atoms with Gasteiger partial charge < -0.3 is 25.4 Å². The molecule has 0 aliphatic carbocycles. The van der Waals surface area contributed by atoms with Crippen molar-refractivity contribution in [1.29, 1.82) is 0 Å². The van der Waals surface area contributed by atoms with E-state index in [4.69, 9.17) is 14.6 Å². The van der Waals surface area contributed by atoms with Crippen LogP contribution in [0.3, 0.4) is 0 Å². The van der Waals surface area contributed by atoms with Crippen LogP contribution in [0.5, 0.6) is 5.75 Å². The van der Waals surface area contributed by atoms with Crippen molar-refractivity contribution in [1.82, 2.24) is 24.9 Å². The number of pyridine rings is 2. The molecule has 5 heterocycles. The van der Waals surface area contributed by atoms with Gasteiger partial charge in [-0.15, -0.1) is 0 Å². The van der Waals surface area contributed by atoms with E-state index in [1.54, 1.807) is 35.0 Å². The summed E-state index contributed by atoms with van der Waals surface area (Å²) in [7, 11) is 1.56. The summed E-state index contributed by atoms with van der Waals surface area (Å²) in [6.07, 6.45) is 0.636. The van der Waals surface area contributed by atoms with Gasteiger partial charge in [0.05, 0.1) is 19.0 Å². The lowest BCUT2D eigenvalue weighted by Crippen LogP contribution is -2.49. The maximum Gasteiger partial charge on any atom is 0.490 e. The van der Waals surface area contributed by atoms with Crippen molar-refractivity contribution in [3.8, 4) is 5.75 Å². The van der Waals surface area contributed by atoms with Crippen LogP contribution in [-0.4, -0.2) is 82.2 Å². The van der Waals surface area contributed by atoms with E-state index in [1.807, 2.05) is 0 Å². The number of carboxylic acids is 1. The first-order chi connectivity index (χ1) is 17.6. The number of fused-ring (bicyclic) bond motifs is 2. The Balaban J connectivity index is 0.000000405. The number of aromatic nitrogens is 4. The number of nitrogens with one attached hydrogen (secondary N) is 2. The summed E-state index contributed by atoms with van der Waals surface area (Å²) in [5.74, 6) is -1.52. The Morgan fingerprint density at radius 2 is 2.03 bits per heavy atom. The van der Waals surface area contributed by atoms with Gasteiger partial charge in [-0.25, -0.2) is 24.1 Å². The fourth-order valence-electron chi connectivity index (χ4n) is 4.20. The largest absolute Gasteiger partial charge is 0.493 e. The van der Waals surface area contributed by atoms with Gasteiger partial charge in [0.15, 0.2) is 11.4 Å². The number of methoxy groups -OCH3 is 1. The van der Waals surface area contributed by atoms with E-state index < -0.39 is 12.1 Å². The fourth-order valence-corrected chi connectivity index (χ4v) is 4.20. The van der Waals surface area contributed by atoms with Gasteiger partial charge in [0.25, 0.3) is 0 Å². The van der Waals surface area contributed by atoms with E-state index in [9.17, 15) is 18.0 Å². The Hall–Kier alpha value is -4.14. The minimum absolute atomic E-state index is 0.241. The third-order valence-corrected chi connectivity index (χ3v) is 5.89. The van der Waals surface area contributed by atoms with Gasteiger partial charge in [0.1, 0.15) is 12.1 Å². The first-order valence-electron chi connectivity index (χ1n) is 11.3. The molecule has 0 aromatic carbocycles. The van der Waals surface area contributed by atoms with Crippen LogP contribution in [0.25, 0.3) is 5.65 Å². The summed E-state index contributed by atoms with van der Waals surface area (Å²) >= 11 is 0. The molecule has 5 rings (SSSR count). The number of hydrogen-bond acceptors (Lipinski definition) is 8. The van der Waals surface area contributed by atoms with E-state index in [-0.39, 0.29) is 6.03 Å². The average Bonchev–Trinajstić information content (AvgIpc) is 3.49. The molecule has 1 saturated heterocycles. The lowest BCUT2D eigenvalue weighted by molar-refractivity contribution is -0.192. The number of alkyl halides is 3. The number of urea groups is 1. The van der Waals surface area contributed by atoms with Gasteiger partial charge >= 0.3 is 18.2 Å². The predicted molar refractivity (Wildman–Crippen MR) is 127 cm³/mol. The van der Waals surface area contributed by atoms with Crippen molar-refractivity contribution in [2.45, 2.75) is 25.6 Å². The average molecular weight is 522 g/mol. The first-order valence-corrected chi connectivity index (χ1v) is 11.3. The molecule has 3 aromatic rings. The minimum atomic E-state index is -5.08. The number of hydrogen-bond donors (Lipinski definition) is 3. The highest BCUT2D eigenvalue weighted by Crippen LogP contribution is 2.35. The van der Waals surface area contributed by atoms with Crippen LogP contribution in [0.1, 0.15) is 12.5 Å². The second-order valence-corrected chi connectivity index (χ2v) is 8.39. The predicted octanol–water partition coefficient (Wildman–Crippen LogP) is 2.16. The lowest BCUT2D eigenvalue weighted by Gasteiger charge is -2.34. The maximum absolute atomic E-state index is 13.1. The normalized spacial score (nSPS) is 17.2. The number of carbonyl (C=O) groups excluding carboxylic acids is 1. The molecule has 2 aliphatic rings. The standard InChI is InChI=1S/C20H24N8O2.C2HF3O2/c1-13-10-26(8-6-21-13)16-3-5-22-19-14(16)4-7-27(19)20(29)25-15-9-18-23-12-24-28(18)11-17(15)30-2;3-2(4,5)1(6)7/h3,5,9,11-13,21H,4,6-8,10H2,1-2H3,(H,25,29);(H,6,7)/t13-;/m1./s1. The van der Waals surface area contributed by atoms with Crippen LogP contribution in [0, 0.1) is 0 Å². The van der Waals surface area contributed by atoms with Gasteiger partial charge in [-0.05, 0) is 19.4 Å². The molecular formula is C22H25F3N8O4. The van der Waals surface area contributed by atoms with Crippen molar-refractivity contribution in [2.24, 2.45) is 0 Å². The zero-order chi connectivity index (χ0) is 26.7. The van der Waals surface area contributed by atoms with Gasteiger partial charge in [-0.1, -0.05) is 0 Å². The number of anilines is 3. The van der Waals surface area contributed by atoms with Crippen LogP contribution in [0.2, 0.25) is 0 Å². The second kappa shape index (κ2) is 10.5. The number of ether oxygens (including phenoxy) is 1. The highest BCUT2D eigenvalue weighted by Gasteiger charge is 2.38. The maximum atomic E-state index is 13.1. The van der Waals surface area contributed by atoms with Crippen LogP contribution < -0.4 is 25.2 Å². The van der Waals surface area contributed by atoms with E-state index in [0.717, 1.165) is 37.4 Å². The minimum Gasteiger partial charge on any atom is -0.493 e. The Labute approximate surface area is 209 Å². The third-order valence-electron chi connectivity index (χ3n) is 5.89. The quantitative estimate of drug-likeness (QED) is 0.473. The molecule has 0 unspecified atom stereocenters. The number of aliphatic carboxylic acids is 1. The molecule has 15 heteroatoms. The number of rotatable bonds is 3. The molecule has 0 radical (unpaired) electrons. The van der Waals surface area contributed by atoms with Crippen LogP contribution in [0.15, 0.2) is 30.9 Å². The zero-order valence-corrected chi connectivity index (χ0v) is 20.0. The van der Waals surface area contributed by atoms with E-state index in [2.05, 4.69) is 43.6 Å². The number of carboxylic acid groups (broad SMARTS) is 1. The highest BCUT2D eigenvalue weighted by atomic mass is 19.4. The molecule has 3 N–H and O–H groups in total. The molecule has 37 heavy (non-hydrogen) atoms. The van der Waals surface area contributed by atoms with Crippen molar-refractivity contribution in [3.05, 3.63) is 36.4 Å². The van der Waals surface area contributed by atoms with E-state index in [0.29, 0.717) is 29.7 Å². The van der Waals surface area contributed by atoms with Crippen molar-refractivity contribution in [3.63, 3.8) is 0 Å². The van der Waals surface area contributed by atoms with Gasteiger partial charge in [-0.3, -0.25) is 4.90 Å². The van der Waals surface area contributed by atoms with Crippen molar-refractivity contribution < 1.29 is 32.6 Å². The Bertz CT molecular complexity index is 1300. The van der Waals surface area contributed by atoms with Crippen LogP contribution in [0.4, 0.5) is 35.2 Å².